The average Bonchev–Trinajstić information content (AvgIpc) is 2.90. The van der Waals surface area contributed by atoms with Gasteiger partial charge in [0, 0.05) is 22.8 Å². The molecule has 4 heteroatoms. The number of fused-ring (bicyclic) bond motifs is 1. The normalized spacial score (nSPS) is 19.9. The Balaban J connectivity index is 1.72. The lowest BCUT2D eigenvalue weighted by Gasteiger charge is -2.25. The van der Waals surface area contributed by atoms with Crippen LogP contribution in [0.4, 0.5) is 0 Å². The van der Waals surface area contributed by atoms with Crippen molar-refractivity contribution in [3.63, 3.8) is 0 Å². The first-order valence-corrected chi connectivity index (χ1v) is 7.57. The fourth-order valence-corrected chi connectivity index (χ4v) is 3.11. The summed E-state index contributed by atoms with van der Waals surface area (Å²) in [5.74, 6) is 0.712. The van der Waals surface area contributed by atoms with Gasteiger partial charge < -0.3 is 9.84 Å². The predicted molar refractivity (Wildman–Crippen MR) is 82.8 cm³/mol. The van der Waals surface area contributed by atoms with Crippen LogP contribution in [-0.4, -0.2) is 22.3 Å². The predicted octanol–water partition coefficient (Wildman–Crippen LogP) is 3.59. The standard InChI is InChI=1S/C17H18ClNO2/c1-11(21-14-6-2-5-13(18)10-14)17(20)15-8-7-12-4-3-9-19-16(12)15/h2-6,9-11,15,17,20H,7-8H2,1H3. The maximum atomic E-state index is 10.6. The number of hydrogen-bond donors (Lipinski definition) is 1. The van der Waals surface area contributed by atoms with Gasteiger partial charge in [-0.1, -0.05) is 23.7 Å². The molecule has 3 rings (SSSR count). The number of pyridine rings is 1. The first-order chi connectivity index (χ1) is 10.1. The molecule has 21 heavy (non-hydrogen) atoms. The molecule has 3 nitrogen and oxygen atoms in total. The van der Waals surface area contributed by atoms with Gasteiger partial charge in [-0.05, 0) is 49.6 Å². The smallest absolute Gasteiger partial charge is 0.122 e. The minimum atomic E-state index is -0.583. The maximum absolute atomic E-state index is 10.6. The van der Waals surface area contributed by atoms with Crippen molar-refractivity contribution < 1.29 is 9.84 Å². The van der Waals surface area contributed by atoms with Gasteiger partial charge in [0.15, 0.2) is 0 Å². The summed E-state index contributed by atoms with van der Waals surface area (Å²) < 4.78 is 5.82. The van der Waals surface area contributed by atoms with E-state index >= 15 is 0 Å². The summed E-state index contributed by atoms with van der Waals surface area (Å²) >= 11 is 5.95. The van der Waals surface area contributed by atoms with E-state index in [2.05, 4.69) is 11.1 Å². The van der Waals surface area contributed by atoms with Crippen molar-refractivity contribution in [2.24, 2.45) is 0 Å². The molecule has 0 spiro atoms. The molecule has 110 valence electrons. The Hall–Kier alpha value is -1.58. The third kappa shape index (κ3) is 3.04. The summed E-state index contributed by atoms with van der Waals surface area (Å²) in [6, 6.07) is 11.3. The molecule has 1 N–H and O–H groups in total. The van der Waals surface area contributed by atoms with Gasteiger partial charge in [-0.15, -0.1) is 0 Å². The maximum Gasteiger partial charge on any atom is 0.122 e. The minimum Gasteiger partial charge on any atom is -0.488 e. The molecule has 0 aliphatic heterocycles. The number of nitrogens with zero attached hydrogens (tertiary/aromatic N) is 1. The largest absolute Gasteiger partial charge is 0.488 e. The molecule has 2 aromatic rings. The van der Waals surface area contributed by atoms with Crippen LogP contribution in [0.3, 0.4) is 0 Å². The van der Waals surface area contributed by atoms with E-state index in [1.807, 2.05) is 25.1 Å². The summed E-state index contributed by atoms with van der Waals surface area (Å²) in [5.41, 5.74) is 2.24. The zero-order valence-electron chi connectivity index (χ0n) is 11.9. The number of rotatable bonds is 4. The van der Waals surface area contributed by atoms with Gasteiger partial charge in [0.2, 0.25) is 0 Å². The highest BCUT2D eigenvalue weighted by Gasteiger charge is 2.33. The van der Waals surface area contributed by atoms with Gasteiger partial charge in [0.1, 0.15) is 11.9 Å². The summed E-state index contributed by atoms with van der Waals surface area (Å²) in [4.78, 5) is 4.43. The Bertz CT molecular complexity index is 632. The van der Waals surface area contributed by atoms with E-state index in [9.17, 15) is 5.11 Å². The summed E-state index contributed by atoms with van der Waals surface area (Å²) in [6.07, 6.45) is 2.76. The molecule has 1 aromatic carbocycles. The average molecular weight is 304 g/mol. The lowest BCUT2D eigenvalue weighted by Crippen LogP contribution is -2.33. The van der Waals surface area contributed by atoms with Crippen molar-refractivity contribution in [3.05, 3.63) is 58.9 Å². The van der Waals surface area contributed by atoms with E-state index < -0.39 is 6.10 Å². The third-order valence-electron chi connectivity index (χ3n) is 4.01. The molecule has 0 saturated carbocycles. The highest BCUT2D eigenvalue weighted by atomic mass is 35.5. The van der Waals surface area contributed by atoms with E-state index in [0.29, 0.717) is 10.8 Å². The molecule has 0 amide bonds. The second-order valence-electron chi connectivity index (χ2n) is 5.46. The molecule has 1 heterocycles. The SMILES string of the molecule is CC(Oc1cccc(Cl)c1)C(O)C1CCc2cccnc21. The van der Waals surface area contributed by atoms with Gasteiger partial charge >= 0.3 is 0 Å². The van der Waals surface area contributed by atoms with Crippen molar-refractivity contribution in [3.8, 4) is 5.75 Å². The fourth-order valence-electron chi connectivity index (χ4n) is 2.93. The lowest BCUT2D eigenvalue weighted by molar-refractivity contribution is 0.0277. The van der Waals surface area contributed by atoms with Crippen LogP contribution in [0.2, 0.25) is 5.02 Å². The molecule has 0 bridgehead atoms. The molecule has 0 saturated heterocycles. The number of hydrogen-bond acceptors (Lipinski definition) is 3. The van der Waals surface area contributed by atoms with Crippen LogP contribution in [0.1, 0.15) is 30.5 Å². The molecule has 3 unspecified atom stereocenters. The van der Waals surface area contributed by atoms with Crippen LogP contribution in [0.25, 0.3) is 0 Å². The van der Waals surface area contributed by atoms with Gasteiger partial charge in [0.05, 0.1) is 6.10 Å². The van der Waals surface area contributed by atoms with Crippen LogP contribution >= 0.6 is 11.6 Å². The van der Waals surface area contributed by atoms with Crippen LogP contribution in [0.15, 0.2) is 42.6 Å². The van der Waals surface area contributed by atoms with E-state index in [4.69, 9.17) is 16.3 Å². The number of aryl methyl sites for hydroxylation is 1. The highest BCUT2D eigenvalue weighted by Crippen LogP contribution is 2.35. The number of halogens is 1. The highest BCUT2D eigenvalue weighted by molar-refractivity contribution is 6.30. The van der Waals surface area contributed by atoms with Gasteiger partial charge in [-0.25, -0.2) is 0 Å². The summed E-state index contributed by atoms with van der Waals surface area (Å²) in [6.45, 7) is 1.88. The second-order valence-corrected chi connectivity index (χ2v) is 5.90. The molecular formula is C17H18ClNO2. The van der Waals surface area contributed by atoms with Gasteiger partial charge in [-0.3, -0.25) is 4.98 Å². The molecule has 0 fully saturated rings. The third-order valence-corrected chi connectivity index (χ3v) is 4.25. The van der Waals surface area contributed by atoms with Gasteiger partial charge in [0.25, 0.3) is 0 Å². The number of aliphatic hydroxyl groups is 1. The minimum absolute atomic E-state index is 0.0374. The van der Waals surface area contributed by atoms with E-state index in [-0.39, 0.29) is 12.0 Å². The molecule has 3 atom stereocenters. The van der Waals surface area contributed by atoms with Crippen molar-refractivity contribution in [1.29, 1.82) is 0 Å². The molecular weight excluding hydrogens is 286 g/mol. The zero-order valence-corrected chi connectivity index (χ0v) is 12.6. The second kappa shape index (κ2) is 6.04. The zero-order chi connectivity index (χ0) is 14.8. The Morgan fingerprint density at radius 3 is 3.00 bits per heavy atom. The first kappa shape index (κ1) is 14.4. The Morgan fingerprint density at radius 2 is 2.19 bits per heavy atom. The van der Waals surface area contributed by atoms with Crippen molar-refractivity contribution in [2.75, 3.05) is 0 Å². The Labute approximate surface area is 129 Å². The van der Waals surface area contributed by atoms with Crippen LogP contribution in [0, 0.1) is 0 Å². The number of aromatic nitrogens is 1. The van der Waals surface area contributed by atoms with Crippen LogP contribution < -0.4 is 4.74 Å². The molecule has 1 aromatic heterocycles. The monoisotopic (exact) mass is 303 g/mol. The number of ether oxygens (including phenoxy) is 1. The molecule has 1 aliphatic rings. The summed E-state index contributed by atoms with van der Waals surface area (Å²) in [7, 11) is 0. The van der Waals surface area contributed by atoms with Gasteiger partial charge in [-0.2, -0.15) is 0 Å². The van der Waals surface area contributed by atoms with Crippen LogP contribution in [0.5, 0.6) is 5.75 Å². The number of aliphatic hydroxyl groups excluding tert-OH is 1. The van der Waals surface area contributed by atoms with Crippen LogP contribution in [-0.2, 0) is 6.42 Å². The molecule has 1 aliphatic carbocycles. The Morgan fingerprint density at radius 1 is 1.33 bits per heavy atom. The first-order valence-electron chi connectivity index (χ1n) is 7.19. The topological polar surface area (TPSA) is 42.4 Å². The fraction of sp³-hybridized carbons (Fsp3) is 0.353. The van der Waals surface area contributed by atoms with E-state index in [1.165, 1.54) is 5.56 Å². The van der Waals surface area contributed by atoms with Crippen molar-refractivity contribution in [1.82, 2.24) is 4.98 Å². The number of benzene rings is 1. The van der Waals surface area contributed by atoms with Crippen molar-refractivity contribution >= 4 is 11.6 Å². The Kier molecular flexibility index (Phi) is 4.13. The van der Waals surface area contributed by atoms with E-state index in [0.717, 1.165) is 18.5 Å². The lowest BCUT2D eigenvalue weighted by atomic mass is 9.96. The summed E-state index contributed by atoms with van der Waals surface area (Å²) in [5, 5.41) is 11.2. The van der Waals surface area contributed by atoms with Crippen molar-refractivity contribution in [2.45, 2.75) is 37.9 Å². The quantitative estimate of drug-likeness (QED) is 0.938. The van der Waals surface area contributed by atoms with E-state index in [1.54, 1.807) is 18.3 Å². The molecule has 0 radical (unpaired) electrons.